The molecule has 0 spiro atoms. The summed E-state index contributed by atoms with van der Waals surface area (Å²) in [6, 6.07) is 16.1. The van der Waals surface area contributed by atoms with Crippen molar-refractivity contribution in [2.24, 2.45) is 0 Å². The van der Waals surface area contributed by atoms with Gasteiger partial charge in [0.1, 0.15) is 11.5 Å². The predicted molar refractivity (Wildman–Crippen MR) is 93.9 cm³/mol. The molecular weight excluding hydrogens is 364 g/mol. The van der Waals surface area contributed by atoms with Gasteiger partial charge in [-0.3, -0.25) is 4.98 Å². The van der Waals surface area contributed by atoms with Crippen LogP contribution >= 0.6 is 28.3 Å². The molecule has 0 saturated heterocycles. The summed E-state index contributed by atoms with van der Waals surface area (Å²) in [4.78, 5) is 4.01. The molecule has 3 nitrogen and oxygen atoms in total. The number of pyridine rings is 1. The molecule has 0 aliphatic carbocycles. The second-order valence-corrected chi connectivity index (χ2v) is 5.65. The molecule has 2 aromatic heterocycles. The van der Waals surface area contributed by atoms with Crippen molar-refractivity contribution >= 4 is 28.3 Å². The lowest BCUT2D eigenvalue weighted by Crippen LogP contribution is -2.11. The summed E-state index contributed by atoms with van der Waals surface area (Å²) in [5.74, 6) is 1.82. The van der Waals surface area contributed by atoms with Gasteiger partial charge in [-0.15, -0.1) is 12.4 Å². The summed E-state index contributed by atoms with van der Waals surface area (Å²) in [6.45, 7) is 1.51. The number of furan rings is 1. The molecule has 22 heavy (non-hydrogen) atoms. The summed E-state index contributed by atoms with van der Waals surface area (Å²) in [7, 11) is 0. The molecule has 0 aliphatic rings. The third-order valence-electron chi connectivity index (χ3n) is 3.17. The van der Waals surface area contributed by atoms with Gasteiger partial charge in [-0.2, -0.15) is 0 Å². The Labute approximate surface area is 144 Å². The Morgan fingerprint density at radius 2 is 1.64 bits per heavy atom. The lowest BCUT2D eigenvalue weighted by atomic mass is 10.2. The molecular formula is C17H16BrClN2O. The molecule has 114 valence electrons. The second-order valence-electron chi connectivity index (χ2n) is 4.73. The van der Waals surface area contributed by atoms with Crippen LogP contribution in [0.3, 0.4) is 0 Å². The van der Waals surface area contributed by atoms with Crippen LogP contribution in [0.4, 0.5) is 0 Å². The lowest BCUT2D eigenvalue weighted by Gasteiger charge is -2.02. The van der Waals surface area contributed by atoms with Gasteiger partial charge in [0.05, 0.1) is 6.54 Å². The first-order chi connectivity index (χ1) is 10.3. The molecule has 0 amide bonds. The van der Waals surface area contributed by atoms with E-state index < -0.39 is 0 Å². The van der Waals surface area contributed by atoms with Crippen LogP contribution in [0.15, 0.2) is 69.8 Å². The molecule has 0 atom stereocenters. The Morgan fingerprint density at radius 1 is 0.909 bits per heavy atom. The molecule has 0 unspecified atom stereocenters. The first kappa shape index (κ1) is 16.7. The van der Waals surface area contributed by atoms with E-state index in [1.165, 1.54) is 5.56 Å². The fraction of sp³-hybridized carbons (Fsp3) is 0.118. The SMILES string of the molecule is Brc1ccc(-c2ccc(CNCc3ccncc3)o2)cc1.Cl. The fourth-order valence-corrected chi connectivity index (χ4v) is 2.34. The van der Waals surface area contributed by atoms with E-state index in [0.29, 0.717) is 6.54 Å². The van der Waals surface area contributed by atoms with E-state index in [0.717, 1.165) is 28.1 Å². The normalized spacial score (nSPS) is 10.2. The van der Waals surface area contributed by atoms with Crippen LogP contribution in [-0.2, 0) is 13.1 Å². The van der Waals surface area contributed by atoms with E-state index in [9.17, 15) is 0 Å². The highest BCUT2D eigenvalue weighted by molar-refractivity contribution is 9.10. The Morgan fingerprint density at radius 3 is 2.36 bits per heavy atom. The van der Waals surface area contributed by atoms with Gasteiger partial charge in [0.25, 0.3) is 0 Å². The van der Waals surface area contributed by atoms with Gasteiger partial charge in [0, 0.05) is 29.0 Å². The van der Waals surface area contributed by atoms with Gasteiger partial charge in [-0.1, -0.05) is 28.1 Å². The van der Waals surface area contributed by atoms with Gasteiger partial charge >= 0.3 is 0 Å². The third kappa shape index (κ3) is 4.44. The summed E-state index contributed by atoms with van der Waals surface area (Å²) in [5.41, 5.74) is 2.29. The molecule has 0 fully saturated rings. The molecule has 1 aromatic carbocycles. The Bertz CT molecular complexity index is 698. The number of rotatable bonds is 5. The summed E-state index contributed by atoms with van der Waals surface area (Å²) < 4.78 is 6.92. The number of hydrogen-bond acceptors (Lipinski definition) is 3. The van der Waals surface area contributed by atoms with E-state index in [4.69, 9.17) is 4.42 Å². The Balaban J connectivity index is 0.00000176. The monoisotopic (exact) mass is 378 g/mol. The quantitative estimate of drug-likeness (QED) is 0.691. The fourth-order valence-electron chi connectivity index (χ4n) is 2.07. The summed E-state index contributed by atoms with van der Waals surface area (Å²) >= 11 is 3.43. The highest BCUT2D eigenvalue weighted by Crippen LogP contribution is 2.23. The van der Waals surface area contributed by atoms with E-state index in [-0.39, 0.29) is 12.4 Å². The van der Waals surface area contributed by atoms with Crippen LogP contribution in [0.1, 0.15) is 11.3 Å². The van der Waals surface area contributed by atoms with E-state index in [1.807, 2.05) is 48.5 Å². The van der Waals surface area contributed by atoms with Crippen LogP contribution < -0.4 is 5.32 Å². The third-order valence-corrected chi connectivity index (χ3v) is 3.70. The van der Waals surface area contributed by atoms with Gasteiger partial charge < -0.3 is 9.73 Å². The van der Waals surface area contributed by atoms with Gasteiger partial charge in [-0.25, -0.2) is 0 Å². The van der Waals surface area contributed by atoms with Crippen molar-refractivity contribution < 1.29 is 4.42 Å². The molecule has 2 heterocycles. The minimum atomic E-state index is 0. The highest BCUT2D eigenvalue weighted by atomic mass is 79.9. The Kier molecular flexibility index (Phi) is 6.19. The van der Waals surface area contributed by atoms with Gasteiger partial charge in [0.2, 0.25) is 0 Å². The standard InChI is InChI=1S/C17H15BrN2O.ClH/c18-15-3-1-14(2-4-15)17-6-5-16(21-17)12-20-11-13-7-9-19-10-8-13;/h1-10,20H,11-12H2;1H. The molecule has 3 aromatic rings. The highest BCUT2D eigenvalue weighted by Gasteiger charge is 2.04. The number of aromatic nitrogens is 1. The minimum Gasteiger partial charge on any atom is -0.460 e. The maximum absolute atomic E-state index is 5.86. The molecule has 0 radical (unpaired) electrons. The maximum Gasteiger partial charge on any atom is 0.134 e. The van der Waals surface area contributed by atoms with Crippen LogP contribution in [0.5, 0.6) is 0 Å². The number of nitrogens with zero attached hydrogens (tertiary/aromatic N) is 1. The molecule has 5 heteroatoms. The van der Waals surface area contributed by atoms with Gasteiger partial charge in [0.15, 0.2) is 0 Å². The lowest BCUT2D eigenvalue weighted by molar-refractivity contribution is 0.493. The van der Waals surface area contributed by atoms with Crippen LogP contribution in [0, 0.1) is 0 Å². The summed E-state index contributed by atoms with van der Waals surface area (Å²) in [5, 5.41) is 3.36. The van der Waals surface area contributed by atoms with Crippen LogP contribution in [-0.4, -0.2) is 4.98 Å². The van der Waals surface area contributed by atoms with Crippen molar-refractivity contribution in [1.82, 2.24) is 10.3 Å². The smallest absolute Gasteiger partial charge is 0.134 e. The first-order valence-electron chi connectivity index (χ1n) is 6.75. The van der Waals surface area contributed by atoms with Crippen molar-refractivity contribution in [3.63, 3.8) is 0 Å². The number of benzene rings is 1. The van der Waals surface area contributed by atoms with Crippen molar-refractivity contribution in [2.75, 3.05) is 0 Å². The number of nitrogens with one attached hydrogen (secondary N) is 1. The average molecular weight is 380 g/mol. The van der Waals surface area contributed by atoms with Crippen molar-refractivity contribution in [3.8, 4) is 11.3 Å². The van der Waals surface area contributed by atoms with Crippen molar-refractivity contribution in [1.29, 1.82) is 0 Å². The van der Waals surface area contributed by atoms with Crippen LogP contribution in [0.25, 0.3) is 11.3 Å². The second kappa shape index (κ2) is 8.13. The molecule has 0 saturated carbocycles. The molecule has 1 N–H and O–H groups in total. The van der Waals surface area contributed by atoms with Gasteiger partial charge in [-0.05, 0) is 42.0 Å². The molecule has 0 aliphatic heterocycles. The first-order valence-corrected chi connectivity index (χ1v) is 7.55. The largest absolute Gasteiger partial charge is 0.460 e. The van der Waals surface area contributed by atoms with Crippen molar-refractivity contribution in [2.45, 2.75) is 13.1 Å². The van der Waals surface area contributed by atoms with E-state index >= 15 is 0 Å². The molecule has 3 rings (SSSR count). The van der Waals surface area contributed by atoms with Crippen LogP contribution in [0.2, 0.25) is 0 Å². The molecule has 0 bridgehead atoms. The number of hydrogen-bond donors (Lipinski definition) is 1. The zero-order valence-electron chi connectivity index (χ0n) is 11.8. The predicted octanol–water partition coefficient (Wildman–Crippen LogP) is 4.82. The zero-order chi connectivity index (χ0) is 14.5. The zero-order valence-corrected chi connectivity index (χ0v) is 14.2. The summed E-state index contributed by atoms with van der Waals surface area (Å²) in [6.07, 6.45) is 3.60. The van der Waals surface area contributed by atoms with E-state index in [1.54, 1.807) is 12.4 Å². The average Bonchev–Trinajstić information content (AvgIpc) is 2.98. The Hall–Kier alpha value is -1.62. The maximum atomic E-state index is 5.86. The van der Waals surface area contributed by atoms with Crippen molar-refractivity contribution in [3.05, 3.63) is 76.7 Å². The number of halogens is 2. The minimum absolute atomic E-state index is 0. The topological polar surface area (TPSA) is 38.1 Å². The van der Waals surface area contributed by atoms with E-state index in [2.05, 4.69) is 26.2 Å².